The van der Waals surface area contributed by atoms with Gasteiger partial charge in [0.2, 0.25) is 0 Å². The van der Waals surface area contributed by atoms with Gasteiger partial charge in [-0.05, 0) is 12.1 Å². The van der Waals surface area contributed by atoms with Crippen molar-refractivity contribution in [2.45, 2.75) is 19.0 Å². The van der Waals surface area contributed by atoms with Crippen molar-refractivity contribution in [1.82, 2.24) is 0 Å². The second kappa shape index (κ2) is 5.62. The topological polar surface area (TPSA) is 27.7 Å². The summed E-state index contributed by atoms with van der Waals surface area (Å²) in [6.07, 6.45) is -0.613. The summed E-state index contributed by atoms with van der Waals surface area (Å²) in [7, 11) is 0. The van der Waals surface area contributed by atoms with Crippen LogP contribution < -0.4 is 4.74 Å². The van der Waals surface area contributed by atoms with Crippen molar-refractivity contribution >= 4 is 11.6 Å². The number of rotatable bonds is 4. The van der Waals surface area contributed by atoms with Crippen LogP contribution in [-0.4, -0.2) is 25.2 Å². The van der Waals surface area contributed by atoms with Crippen molar-refractivity contribution in [2.24, 2.45) is 0 Å². The Bertz CT molecular complexity index is 358. The van der Waals surface area contributed by atoms with Crippen LogP contribution in [0.4, 0.5) is 8.78 Å². The van der Waals surface area contributed by atoms with E-state index in [0.717, 1.165) is 5.56 Å². The Labute approximate surface area is 102 Å². The van der Waals surface area contributed by atoms with Gasteiger partial charge in [0, 0.05) is 5.56 Å². The molecule has 1 fully saturated rings. The van der Waals surface area contributed by atoms with Gasteiger partial charge in [-0.25, -0.2) is 0 Å². The fourth-order valence-electron chi connectivity index (χ4n) is 1.51. The van der Waals surface area contributed by atoms with E-state index in [9.17, 15) is 8.78 Å². The van der Waals surface area contributed by atoms with Gasteiger partial charge in [0.1, 0.15) is 5.75 Å². The van der Waals surface area contributed by atoms with Gasteiger partial charge in [-0.1, -0.05) is 12.1 Å². The zero-order chi connectivity index (χ0) is 12.3. The van der Waals surface area contributed by atoms with E-state index in [0.29, 0.717) is 12.5 Å². The van der Waals surface area contributed by atoms with E-state index < -0.39 is 12.9 Å². The predicted octanol–water partition coefficient (Wildman–Crippen LogP) is 2.94. The summed E-state index contributed by atoms with van der Waals surface area (Å²) < 4.78 is 38.9. The van der Waals surface area contributed by atoms with Crippen LogP contribution in [0.1, 0.15) is 11.9 Å². The van der Waals surface area contributed by atoms with Gasteiger partial charge in [-0.3, -0.25) is 0 Å². The second-order valence-corrected chi connectivity index (χ2v) is 3.83. The fourth-order valence-corrected chi connectivity index (χ4v) is 1.67. The summed E-state index contributed by atoms with van der Waals surface area (Å²) in [6, 6.07) is 6.14. The molecule has 0 bridgehead atoms. The Morgan fingerprint density at radius 2 is 2.06 bits per heavy atom. The molecule has 0 aromatic heterocycles. The highest BCUT2D eigenvalue weighted by Gasteiger charge is 2.26. The summed E-state index contributed by atoms with van der Waals surface area (Å²) in [5.74, 6) is 0.471. The first-order valence-corrected chi connectivity index (χ1v) is 5.60. The minimum Gasteiger partial charge on any atom is -0.435 e. The molecule has 3 nitrogen and oxygen atoms in total. The smallest absolute Gasteiger partial charge is 0.387 e. The Kier molecular flexibility index (Phi) is 4.15. The normalized spacial score (nSPS) is 24.2. The third kappa shape index (κ3) is 3.28. The zero-order valence-corrected chi connectivity index (χ0v) is 9.57. The highest BCUT2D eigenvalue weighted by Crippen LogP contribution is 2.28. The molecule has 0 N–H and O–H groups in total. The molecule has 1 aliphatic rings. The molecule has 1 aromatic rings. The monoisotopic (exact) mass is 264 g/mol. The van der Waals surface area contributed by atoms with Gasteiger partial charge < -0.3 is 14.2 Å². The molecule has 94 valence electrons. The van der Waals surface area contributed by atoms with E-state index in [4.69, 9.17) is 21.1 Å². The number of benzene rings is 1. The lowest BCUT2D eigenvalue weighted by atomic mass is 10.2. The molecule has 2 atom stereocenters. The Hall–Kier alpha value is -0.910. The summed E-state index contributed by atoms with van der Waals surface area (Å²) in [5.41, 5.74) is 0.749. The standard InChI is InChI=1S/C11H11ClF2O3/c12-5-9-6-15-10(16-9)7-1-3-8(4-2-7)17-11(13)14/h1-4,9-11H,5-6H2. The Morgan fingerprint density at radius 1 is 1.35 bits per heavy atom. The number of alkyl halides is 3. The number of halogens is 3. The first-order valence-electron chi connectivity index (χ1n) is 5.07. The SMILES string of the molecule is FC(F)Oc1ccc(C2OCC(CCl)O2)cc1. The van der Waals surface area contributed by atoms with Crippen LogP contribution in [0, 0.1) is 0 Å². The minimum atomic E-state index is -2.82. The molecule has 1 aromatic carbocycles. The van der Waals surface area contributed by atoms with Gasteiger partial charge in [0.25, 0.3) is 0 Å². The van der Waals surface area contributed by atoms with Crippen molar-refractivity contribution in [1.29, 1.82) is 0 Å². The molecule has 2 unspecified atom stereocenters. The first-order chi connectivity index (χ1) is 8.19. The molecule has 17 heavy (non-hydrogen) atoms. The first kappa shape index (κ1) is 12.5. The van der Waals surface area contributed by atoms with E-state index in [2.05, 4.69) is 4.74 Å². The summed E-state index contributed by atoms with van der Waals surface area (Å²) in [6.45, 7) is -2.39. The largest absolute Gasteiger partial charge is 0.435 e. The molecule has 1 heterocycles. The zero-order valence-electron chi connectivity index (χ0n) is 8.81. The number of hydrogen-bond donors (Lipinski definition) is 0. The fraction of sp³-hybridized carbons (Fsp3) is 0.455. The molecule has 0 aliphatic carbocycles. The van der Waals surface area contributed by atoms with Crippen molar-refractivity contribution in [3.63, 3.8) is 0 Å². The quantitative estimate of drug-likeness (QED) is 0.783. The van der Waals surface area contributed by atoms with Crippen molar-refractivity contribution in [3.05, 3.63) is 29.8 Å². The molecule has 1 saturated heterocycles. The molecular weight excluding hydrogens is 254 g/mol. The van der Waals surface area contributed by atoms with Gasteiger partial charge in [0.15, 0.2) is 6.29 Å². The lowest BCUT2D eigenvalue weighted by molar-refractivity contribution is -0.0572. The van der Waals surface area contributed by atoms with Gasteiger partial charge >= 0.3 is 6.61 Å². The molecule has 0 saturated carbocycles. The summed E-state index contributed by atoms with van der Waals surface area (Å²) in [4.78, 5) is 0. The number of ether oxygens (including phenoxy) is 3. The van der Waals surface area contributed by atoms with Crippen LogP contribution in [0.5, 0.6) is 5.75 Å². The van der Waals surface area contributed by atoms with E-state index in [-0.39, 0.29) is 11.9 Å². The maximum Gasteiger partial charge on any atom is 0.387 e. The number of hydrogen-bond acceptors (Lipinski definition) is 3. The third-order valence-corrected chi connectivity index (χ3v) is 2.64. The molecule has 0 amide bonds. The Balaban J connectivity index is 1.98. The van der Waals surface area contributed by atoms with Crippen LogP contribution in [0.2, 0.25) is 0 Å². The second-order valence-electron chi connectivity index (χ2n) is 3.53. The van der Waals surface area contributed by atoms with Crippen molar-refractivity contribution in [2.75, 3.05) is 12.5 Å². The molecule has 2 rings (SSSR count). The van der Waals surface area contributed by atoms with Gasteiger partial charge in [-0.15, -0.1) is 11.6 Å². The van der Waals surface area contributed by atoms with Crippen molar-refractivity contribution in [3.8, 4) is 5.75 Å². The predicted molar refractivity (Wildman–Crippen MR) is 57.4 cm³/mol. The summed E-state index contributed by atoms with van der Waals surface area (Å²) in [5, 5.41) is 0. The average Bonchev–Trinajstić information content (AvgIpc) is 2.78. The van der Waals surface area contributed by atoms with E-state index >= 15 is 0 Å². The van der Waals surface area contributed by atoms with Crippen LogP contribution in [0.15, 0.2) is 24.3 Å². The van der Waals surface area contributed by atoms with E-state index in [1.807, 2.05) is 0 Å². The van der Waals surface area contributed by atoms with E-state index in [1.54, 1.807) is 12.1 Å². The molecule has 1 aliphatic heterocycles. The molecular formula is C11H11ClF2O3. The van der Waals surface area contributed by atoms with Crippen molar-refractivity contribution < 1.29 is 23.0 Å². The molecule has 0 radical (unpaired) electrons. The Morgan fingerprint density at radius 3 is 2.59 bits per heavy atom. The van der Waals surface area contributed by atoms with Crippen LogP contribution in [0.3, 0.4) is 0 Å². The minimum absolute atomic E-state index is 0.107. The van der Waals surface area contributed by atoms with Crippen LogP contribution in [0.25, 0.3) is 0 Å². The maximum atomic E-state index is 11.9. The molecule has 6 heteroatoms. The van der Waals surface area contributed by atoms with E-state index in [1.165, 1.54) is 12.1 Å². The highest BCUT2D eigenvalue weighted by atomic mass is 35.5. The average molecular weight is 265 g/mol. The third-order valence-electron chi connectivity index (χ3n) is 2.30. The summed E-state index contributed by atoms with van der Waals surface area (Å²) >= 11 is 5.63. The van der Waals surface area contributed by atoms with Gasteiger partial charge in [-0.2, -0.15) is 8.78 Å². The lowest BCUT2D eigenvalue weighted by Crippen LogP contribution is -2.10. The highest BCUT2D eigenvalue weighted by molar-refractivity contribution is 6.18. The molecule has 0 spiro atoms. The maximum absolute atomic E-state index is 11.9. The van der Waals surface area contributed by atoms with Crippen LogP contribution >= 0.6 is 11.6 Å². The van der Waals surface area contributed by atoms with Gasteiger partial charge in [0.05, 0.1) is 18.6 Å². The lowest BCUT2D eigenvalue weighted by Gasteiger charge is -2.11. The van der Waals surface area contributed by atoms with Crippen LogP contribution in [-0.2, 0) is 9.47 Å².